The highest BCUT2D eigenvalue weighted by Crippen LogP contribution is 2.28. The second-order valence-electron chi connectivity index (χ2n) is 8.17. The van der Waals surface area contributed by atoms with Crippen molar-refractivity contribution in [1.82, 2.24) is 20.2 Å². The Labute approximate surface area is 166 Å². The van der Waals surface area contributed by atoms with Gasteiger partial charge in [-0.1, -0.05) is 31.4 Å². The van der Waals surface area contributed by atoms with Crippen LogP contribution in [0.1, 0.15) is 57.2 Å². The Morgan fingerprint density at radius 3 is 2.64 bits per heavy atom. The maximum atomic E-state index is 12.7. The molecule has 0 unspecified atom stereocenters. The molecule has 1 heterocycles. The highest BCUT2D eigenvalue weighted by Gasteiger charge is 2.29. The van der Waals surface area contributed by atoms with Crippen molar-refractivity contribution in [2.75, 3.05) is 6.54 Å². The zero-order valence-corrected chi connectivity index (χ0v) is 16.5. The fourth-order valence-electron chi connectivity index (χ4n) is 4.10. The summed E-state index contributed by atoms with van der Waals surface area (Å²) in [7, 11) is 0. The number of hydrogen-bond donors (Lipinski definition) is 2. The minimum absolute atomic E-state index is 0.0679. The molecule has 2 aromatic rings. The number of fused-ring (bicyclic) bond motifs is 1. The molecule has 4 rings (SSSR count). The number of para-hydroxylation sites is 2. The van der Waals surface area contributed by atoms with Crippen molar-refractivity contribution >= 4 is 22.8 Å². The van der Waals surface area contributed by atoms with Gasteiger partial charge >= 0.3 is 0 Å². The van der Waals surface area contributed by atoms with Crippen molar-refractivity contribution in [3.05, 3.63) is 30.1 Å². The van der Waals surface area contributed by atoms with Crippen LogP contribution in [0.25, 0.3) is 11.0 Å². The molecule has 150 valence electrons. The SMILES string of the molecule is O=C(Cn1c(CCCNC(=O)C2CC2)nc2ccccc21)NC1CCCCC1. The molecule has 28 heavy (non-hydrogen) atoms. The number of nitrogens with one attached hydrogen (secondary N) is 2. The monoisotopic (exact) mass is 382 g/mol. The molecule has 2 fully saturated rings. The van der Waals surface area contributed by atoms with Crippen LogP contribution in [-0.2, 0) is 22.6 Å². The number of carbonyl (C=O) groups is 2. The predicted molar refractivity (Wildman–Crippen MR) is 109 cm³/mol. The first-order chi connectivity index (χ1) is 13.7. The summed E-state index contributed by atoms with van der Waals surface area (Å²) in [6.45, 7) is 0.966. The molecule has 0 aliphatic heterocycles. The number of hydrogen-bond acceptors (Lipinski definition) is 3. The number of carbonyl (C=O) groups excluding carboxylic acids is 2. The third-order valence-electron chi connectivity index (χ3n) is 5.83. The van der Waals surface area contributed by atoms with Gasteiger partial charge in [0, 0.05) is 24.9 Å². The number of benzene rings is 1. The number of aryl methyl sites for hydroxylation is 1. The van der Waals surface area contributed by atoms with Crippen LogP contribution in [0.5, 0.6) is 0 Å². The summed E-state index contributed by atoms with van der Waals surface area (Å²) in [6.07, 6.45) is 9.49. The molecule has 1 aromatic heterocycles. The normalized spacial score (nSPS) is 17.6. The lowest BCUT2D eigenvalue weighted by molar-refractivity contribution is -0.123. The second kappa shape index (κ2) is 8.76. The number of amides is 2. The lowest BCUT2D eigenvalue weighted by atomic mass is 9.95. The average Bonchev–Trinajstić information content (AvgIpc) is 3.50. The van der Waals surface area contributed by atoms with Gasteiger partial charge in [-0.25, -0.2) is 4.98 Å². The minimum Gasteiger partial charge on any atom is -0.356 e. The summed E-state index contributed by atoms with van der Waals surface area (Å²) >= 11 is 0. The first-order valence-corrected chi connectivity index (χ1v) is 10.7. The molecule has 1 aromatic carbocycles. The van der Waals surface area contributed by atoms with E-state index in [9.17, 15) is 9.59 Å². The third-order valence-corrected chi connectivity index (χ3v) is 5.83. The van der Waals surface area contributed by atoms with Gasteiger partial charge in [-0.15, -0.1) is 0 Å². The van der Waals surface area contributed by atoms with Crippen LogP contribution in [0.2, 0.25) is 0 Å². The van der Waals surface area contributed by atoms with E-state index in [1.54, 1.807) is 0 Å². The van der Waals surface area contributed by atoms with E-state index in [2.05, 4.69) is 10.6 Å². The van der Waals surface area contributed by atoms with Gasteiger partial charge < -0.3 is 15.2 Å². The lowest BCUT2D eigenvalue weighted by Crippen LogP contribution is -2.38. The average molecular weight is 383 g/mol. The summed E-state index contributed by atoms with van der Waals surface area (Å²) in [5.74, 6) is 1.41. The molecule has 2 N–H and O–H groups in total. The van der Waals surface area contributed by atoms with Crippen LogP contribution in [0.15, 0.2) is 24.3 Å². The Morgan fingerprint density at radius 2 is 1.86 bits per heavy atom. The van der Waals surface area contributed by atoms with Crippen LogP contribution in [0.3, 0.4) is 0 Å². The topological polar surface area (TPSA) is 76.0 Å². The highest BCUT2D eigenvalue weighted by molar-refractivity contribution is 5.81. The van der Waals surface area contributed by atoms with E-state index in [0.29, 0.717) is 19.1 Å². The van der Waals surface area contributed by atoms with E-state index < -0.39 is 0 Å². The summed E-state index contributed by atoms with van der Waals surface area (Å²) in [5.41, 5.74) is 1.92. The highest BCUT2D eigenvalue weighted by atomic mass is 16.2. The van der Waals surface area contributed by atoms with Crippen LogP contribution in [0.4, 0.5) is 0 Å². The van der Waals surface area contributed by atoms with Crippen molar-refractivity contribution in [1.29, 1.82) is 0 Å². The zero-order chi connectivity index (χ0) is 19.3. The molecule has 0 spiro atoms. The van der Waals surface area contributed by atoms with Gasteiger partial charge in [-0.2, -0.15) is 0 Å². The smallest absolute Gasteiger partial charge is 0.240 e. The Balaban J connectivity index is 1.39. The molecular formula is C22H30N4O2. The van der Waals surface area contributed by atoms with Gasteiger partial charge in [0.05, 0.1) is 11.0 Å². The maximum Gasteiger partial charge on any atom is 0.240 e. The first-order valence-electron chi connectivity index (χ1n) is 10.7. The Hall–Kier alpha value is -2.37. The molecule has 6 nitrogen and oxygen atoms in total. The molecule has 2 amide bonds. The third kappa shape index (κ3) is 4.72. The second-order valence-corrected chi connectivity index (χ2v) is 8.17. The van der Waals surface area contributed by atoms with E-state index in [-0.39, 0.29) is 17.7 Å². The summed E-state index contributed by atoms with van der Waals surface area (Å²) in [4.78, 5) is 29.2. The van der Waals surface area contributed by atoms with Crippen LogP contribution in [-0.4, -0.2) is 34.0 Å². The standard InChI is InChI=1S/C22H30N4O2/c27-21(24-17-7-2-1-3-8-17)15-26-19-10-5-4-9-18(19)25-20(26)11-6-14-23-22(28)16-12-13-16/h4-5,9-10,16-17H,1-3,6-8,11-15H2,(H,23,28)(H,24,27). The van der Waals surface area contributed by atoms with Gasteiger partial charge in [0.25, 0.3) is 0 Å². The Bertz CT molecular complexity index is 834. The van der Waals surface area contributed by atoms with Gasteiger partial charge in [0.1, 0.15) is 12.4 Å². The first kappa shape index (κ1) is 19.0. The van der Waals surface area contributed by atoms with Gasteiger partial charge in [0.15, 0.2) is 0 Å². The lowest BCUT2D eigenvalue weighted by Gasteiger charge is -2.23. The summed E-state index contributed by atoms with van der Waals surface area (Å²) in [6, 6.07) is 8.29. The fraction of sp³-hybridized carbons (Fsp3) is 0.591. The molecule has 0 radical (unpaired) electrons. The summed E-state index contributed by atoms with van der Waals surface area (Å²) < 4.78 is 2.04. The van der Waals surface area contributed by atoms with Gasteiger partial charge in [-0.3, -0.25) is 9.59 Å². The van der Waals surface area contributed by atoms with Crippen molar-refractivity contribution in [3.8, 4) is 0 Å². The molecule has 0 saturated heterocycles. The van der Waals surface area contributed by atoms with Crippen LogP contribution < -0.4 is 10.6 Å². The zero-order valence-electron chi connectivity index (χ0n) is 16.5. The molecule has 6 heteroatoms. The van der Waals surface area contributed by atoms with E-state index in [1.807, 2.05) is 28.8 Å². The van der Waals surface area contributed by atoms with E-state index in [4.69, 9.17) is 4.98 Å². The van der Waals surface area contributed by atoms with Crippen LogP contribution >= 0.6 is 0 Å². The number of imidazole rings is 1. The molecule has 2 saturated carbocycles. The van der Waals surface area contributed by atoms with Crippen molar-refractivity contribution in [2.24, 2.45) is 5.92 Å². The quantitative estimate of drug-likeness (QED) is 0.689. The van der Waals surface area contributed by atoms with Crippen molar-refractivity contribution in [2.45, 2.75) is 70.4 Å². The Kier molecular flexibility index (Phi) is 5.93. The number of nitrogens with zero attached hydrogens (tertiary/aromatic N) is 2. The molecule has 0 bridgehead atoms. The Morgan fingerprint density at radius 1 is 1.07 bits per heavy atom. The van der Waals surface area contributed by atoms with Crippen molar-refractivity contribution in [3.63, 3.8) is 0 Å². The molecule has 0 atom stereocenters. The number of aromatic nitrogens is 2. The van der Waals surface area contributed by atoms with Gasteiger partial charge in [0.2, 0.25) is 11.8 Å². The van der Waals surface area contributed by atoms with Crippen molar-refractivity contribution < 1.29 is 9.59 Å². The largest absolute Gasteiger partial charge is 0.356 e. The number of rotatable bonds is 8. The van der Waals surface area contributed by atoms with E-state index >= 15 is 0 Å². The molecule has 2 aliphatic rings. The van der Waals surface area contributed by atoms with Crippen LogP contribution in [0, 0.1) is 5.92 Å². The fourth-order valence-corrected chi connectivity index (χ4v) is 4.10. The maximum absolute atomic E-state index is 12.7. The summed E-state index contributed by atoms with van der Waals surface area (Å²) in [5, 5.41) is 6.21. The predicted octanol–water partition coefficient (Wildman–Crippen LogP) is 2.94. The van der Waals surface area contributed by atoms with E-state index in [1.165, 1.54) is 19.3 Å². The molecule has 2 aliphatic carbocycles. The molecular weight excluding hydrogens is 352 g/mol. The van der Waals surface area contributed by atoms with E-state index in [0.717, 1.165) is 55.4 Å². The minimum atomic E-state index is 0.0679. The van der Waals surface area contributed by atoms with Gasteiger partial charge in [-0.05, 0) is 44.2 Å².